The number of carbonyl (C=O) groups excluding carboxylic acids is 4. The van der Waals surface area contributed by atoms with E-state index < -0.39 is 97.5 Å². The summed E-state index contributed by atoms with van der Waals surface area (Å²) in [6.45, 7) is 14.3. The number of aliphatic hydroxyl groups is 1. The minimum absolute atomic E-state index is 0.105. The number of phosphoric ester groups is 2. The standard InChI is InChI=1S/C82H160O17P2/c1-72(2)58-50-42-34-26-20-16-13-11-9-10-12-14-18-23-30-40-48-56-64-81(86)98-77(68-92-79(84)62-54-46-38-29-22-19-15-17-21-27-35-43-51-59-73(3)4)70-96-100(88,89)94-66-76(83)67-95-101(90,91)97-71-78(69-93-80(85)63-55-47-39-33-32-37-45-53-61-75(7)8)99-82(87)65-57-49-41-31-25-24-28-36-44-52-60-74(5)6/h72-78,83H,9-71H2,1-8H3,(H,88,89)(H,90,91)/t76?,77-,78-/m1/s1. The van der Waals surface area contributed by atoms with Gasteiger partial charge in [0, 0.05) is 25.7 Å². The van der Waals surface area contributed by atoms with Crippen LogP contribution in [0.15, 0.2) is 0 Å². The molecular formula is C82H160O17P2. The number of ether oxygens (including phenoxy) is 4. The molecule has 101 heavy (non-hydrogen) atoms. The van der Waals surface area contributed by atoms with E-state index in [1.807, 2.05) is 0 Å². The van der Waals surface area contributed by atoms with Gasteiger partial charge in [0.05, 0.1) is 26.4 Å². The zero-order valence-corrected chi connectivity index (χ0v) is 68.3. The molecule has 600 valence electrons. The second-order valence-electron chi connectivity index (χ2n) is 31.4. The second-order valence-corrected chi connectivity index (χ2v) is 34.3. The minimum atomic E-state index is -4.96. The second kappa shape index (κ2) is 71.0. The van der Waals surface area contributed by atoms with E-state index in [4.69, 9.17) is 37.0 Å². The zero-order valence-electron chi connectivity index (χ0n) is 66.5. The van der Waals surface area contributed by atoms with Gasteiger partial charge in [0.25, 0.3) is 0 Å². The molecule has 0 saturated carbocycles. The summed E-state index contributed by atoms with van der Waals surface area (Å²) < 4.78 is 68.7. The number of rotatable bonds is 79. The molecule has 19 heteroatoms. The van der Waals surface area contributed by atoms with Crippen molar-refractivity contribution in [2.24, 2.45) is 23.7 Å². The average molecular weight is 1480 g/mol. The van der Waals surface area contributed by atoms with Crippen LogP contribution in [-0.4, -0.2) is 96.7 Å². The Morgan fingerprint density at radius 1 is 0.248 bits per heavy atom. The fourth-order valence-electron chi connectivity index (χ4n) is 12.6. The molecule has 0 aromatic heterocycles. The van der Waals surface area contributed by atoms with Crippen LogP contribution in [0.4, 0.5) is 0 Å². The van der Waals surface area contributed by atoms with Crippen LogP contribution in [0, 0.1) is 23.7 Å². The molecule has 3 unspecified atom stereocenters. The number of esters is 4. The Kier molecular flexibility index (Phi) is 69.6. The smallest absolute Gasteiger partial charge is 0.462 e. The first kappa shape index (κ1) is 99.1. The van der Waals surface area contributed by atoms with Gasteiger partial charge in [-0.05, 0) is 49.4 Å². The van der Waals surface area contributed by atoms with Crippen molar-refractivity contribution >= 4 is 39.5 Å². The Hall–Kier alpha value is -1.94. The molecule has 0 radical (unpaired) electrons. The number of aliphatic hydroxyl groups excluding tert-OH is 1. The van der Waals surface area contributed by atoms with Crippen LogP contribution in [0.1, 0.15) is 421 Å². The quantitative estimate of drug-likeness (QED) is 0.0222. The summed E-state index contributed by atoms with van der Waals surface area (Å²) in [6, 6.07) is 0. The van der Waals surface area contributed by atoms with Gasteiger partial charge in [-0.2, -0.15) is 0 Å². The average Bonchev–Trinajstić information content (AvgIpc) is 0.928. The van der Waals surface area contributed by atoms with Crippen LogP contribution < -0.4 is 0 Å². The van der Waals surface area contributed by atoms with Gasteiger partial charge in [-0.25, -0.2) is 9.13 Å². The predicted octanol–water partition coefficient (Wildman–Crippen LogP) is 24.4. The van der Waals surface area contributed by atoms with E-state index in [0.29, 0.717) is 25.7 Å². The van der Waals surface area contributed by atoms with Crippen LogP contribution in [0.25, 0.3) is 0 Å². The molecule has 0 bridgehead atoms. The number of hydrogen-bond acceptors (Lipinski definition) is 15. The van der Waals surface area contributed by atoms with E-state index in [9.17, 15) is 43.2 Å². The van der Waals surface area contributed by atoms with Crippen molar-refractivity contribution in [3.8, 4) is 0 Å². The fraction of sp³-hybridized carbons (Fsp3) is 0.951. The zero-order chi connectivity index (χ0) is 74.6. The molecule has 3 N–H and O–H groups in total. The van der Waals surface area contributed by atoms with E-state index in [2.05, 4.69) is 55.4 Å². The molecule has 0 amide bonds. The highest BCUT2D eigenvalue weighted by Crippen LogP contribution is 2.45. The Labute approximate surface area is 619 Å². The van der Waals surface area contributed by atoms with Crippen molar-refractivity contribution in [3.63, 3.8) is 0 Å². The van der Waals surface area contributed by atoms with E-state index in [0.717, 1.165) is 114 Å². The normalized spacial score (nSPS) is 14.0. The Balaban J connectivity index is 5.24. The molecule has 0 aromatic rings. The minimum Gasteiger partial charge on any atom is -0.462 e. The van der Waals surface area contributed by atoms with Crippen LogP contribution in [0.3, 0.4) is 0 Å². The third-order valence-corrected chi connectivity index (χ3v) is 21.0. The summed E-state index contributed by atoms with van der Waals surface area (Å²) in [5.41, 5.74) is 0. The van der Waals surface area contributed by atoms with E-state index in [1.165, 1.54) is 225 Å². The maximum Gasteiger partial charge on any atom is 0.472 e. The van der Waals surface area contributed by atoms with Gasteiger partial charge in [-0.1, -0.05) is 370 Å². The van der Waals surface area contributed by atoms with Gasteiger partial charge in [0.1, 0.15) is 19.3 Å². The Morgan fingerprint density at radius 2 is 0.416 bits per heavy atom. The summed E-state index contributed by atoms with van der Waals surface area (Å²) in [5, 5.41) is 10.6. The number of phosphoric acid groups is 2. The monoisotopic (exact) mass is 1480 g/mol. The molecule has 0 rings (SSSR count). The molecule has 17 nitrogen and oxygen atoms in total. The van der Waals surface area contributed by atoms with E-state index in [-0.39, 0.29) is 25.7 Å². The molecular weight excluding hydrogens is 1320 g/mol. The lowest BCUT2D eigenvalue weighted by Crippen LogP contribution is -2.30. The molecule has 0 fully saturated rings. The number of hydrogen-bond donors (Lipinski definition) is 3. The molecule has 0 heterocycles. The van der Waals surface area contributed by atoms with Crippen molar-refractivity contribution < 1.29 is 80.2 Å². The summed E-state index contributed by atoms with van der Waals surface area (Å²) in [4.78, 5) is 73.1. The van der Waals surface area contributed by atoms with Crippen molar-refractivity contribution in [2.75, 3.05) is 39.6 Å². The van der Waals surface area contributed by atoms with Crippen LogP contribution >= 0.6 is 15.6 Å². The molecule has 0 spiro atoms. The SMILES string of the molecule is CC(C)CCCCCCCCCCCCCCCCCCCCC(=O)O[C@H](COC(=O)CCCCCCCCCCCCCCCC(C)C)COP(=O)(O)OCC(O)COP(=O)(O)OC[C@@H](COC(=O)CCCCCCCCCCC(C)C)OC(=O)CCCCCCCCCCCCC(C)C. The van der Waals surface area contributed by atoms with Crippen molar-refractivity contribution in [1.29, 1.82) is 0 Å². The maximum atomic E-state index is 13.1. The van der Waals surface area contributed by atoms with Crippen LogP contribution in [0.5, 0.6) is 0 Å². The highest BCUT2D eigenvalue weighted by molar-refractivity contribution is 7.47. The predicted molar refractivity (Wildman–Crippen MR) is 414 cm³/mol. The first-order valence-electron chi connectivity index (χ1n) is 42.2. The van der Waals surface area contributed by atoms with Gasteiger partial charge in [0.2, 0.25) is 0 Å². The Morgan fingerprint density at radius 3 is 0.614 bits per heavy atom. The summed E-state index contributed by atoms with van der Waals surface area (Å²) in [5.74, 6) is 0.976. The Bertz CT molecular complexity index is 1970. The van der Waals surface area contributed by atoms with Crippen molar-refractivity contribution in [3.05, 3.63) is 0 Å². The fourth-order valence-corrected chi connectivity index (χ4v) is 14.2. The van der Waals surface area contributed by atoms with Gasteiger partial charge in [0.15, 0.2) is 12.2 Å². The lowest BCUT2D eigenvalue weighted by molar-refractivity contribution is -0.161. The number of unbranched alkanes of at least 4 members (excludes halogenated alkanes) is 45. The molecule has 0 aliphatic carbocycles. The first-order valence-corrected chi connectivity index (χ1v) is 45.2. The molecule has 0 aromatic carbocycles. The summed E-state index contributed by atoms with van der Waals surface area (Å²) >= 11 is 0. The first-order chi connectivity index (χ1) is 48.6. The third-order valence-electron chi connectivity index (χ3n) is 19.1. The molecule has 0 aliphatic heterocycles. The summed E-state index contributed by atoms with van der Waals surface area (Å²) in [6.07, 6.45) is 58.4. The lowest BCUT2D eigenvalue weighted by Gasteiger charge is -2.21. The molecule has 0 saturated heterocycles. The van der Waals surface area contributed by atoms with Crippen LogP contribution in [0.2, 0.25) is 0 Å². The third kappa shape index (κ3) is 76.1. The van der Waals surface area contributed by atoms with Gasteiger partial charge in [-0.3, -0.25) is 37.3 Å². The highest BCUT2D eigenvalue weighted by atomic mass is 31.2. The molecule has 5 atom stereocenters. The summed E-state index contributed by atoms with van der Waals surface area (Å²) in [7, 11) is -9.92. The van der Waals surface area contributed by atoms with Crippen LogP contribution in [-0.2, 0) is 65.4 Å². The largest absolute Gasteiger partial charge is 0.472 e. The lowest BCUT2D eigenvalue weighted by atomic mass is 10.0. The number of carbonyl (C=O) groups is 4. The van der Waals surface area contributed by atoms with E-state index >= 15 is 0 Å². The molecule has 0 aliphatic rings. The van der Waals surface area contributed by atoms with E-state index in [1.54, 1.807) is 0 Å². The maximum absolute atomic E-state index is 13.1. The van der Waals surface area contributed by atoms with Crippen molar-refractivity contribution in [2.45, 2.75) is 440 Å². The van der Waals surface area contributed by atoms with Crippen molar-refractivity contribution in [1.82, 2.24) is 0 Å². The highest BCUT2D eigenvalue weighted by Gasteiger charge is 2.30. The van der Waals surface area contributed by atoms with Gasteiger partial charge in [-0.15, -0.1) is 0 Å². The van der Waals surface area contributed by atoms with Gasteiger partial charge < -0.3 is 33.8 Å². The van der Waals surface area contributed by atoms with Gasteiger partial charge >= 0.3 is 39.5 Å². The topological polar surface area (TPSA) is 237 Å².